The minimum atomic E-state index is -0.422. The van der Waals surface area contributed by atoms with Crippen LogP contribution in [0.4, 0.5) is 0 Å². The molecule has 0 aliphatic carbocycles. The number of pyridine rings is 1. The van der Waals surface area contributed by atoms with E-state index in [2.05, 4.69) is 4.98 Å². The zero-order chi connectivity index (χ0) is 12.4. The lowest BCUT2D eigenvalue weighted by Crippen LogP contribution is -2.10. The molecular formula is C12H11ClN2O2. The number of methoxy groups -OCH3 is 1. The molecule has 0 unspecified atom stereocenters. The molecule has 4 nitrogen and oxygen atoms in total. The largest absolute Gasteiger partial charge is 0.464 e. The number of rotatable bonds is 2. The van der Waals surface area contributed by atoms with Crippen LogP contribution in [0.15, 0.2) is 30.6 Å². The number of carbonyl (C=O) groups excluding carboxylic acids is 1. The van der Waals surface area contributed by atoms with E-state index in [4.69, 9.17) is 16.3 Å². The molecule has 0 saturated heterocycles. The maximum absolute atomic E-state index is 11.6. The summed E-state index contributed by atoms with van der Waals surface area (Å²) in [6.45, 7) is 1.88. The van der Waals surface area contributed by atoms with Gasteiger partial charge in [0.05, 0.1) is 12.1 Å². The van der Waals surface area contributed by atoms with Crippen LogP contribution in [-0.4, -0.2) is 22.6 Å². The van der Waals surface area contributed by atoms with Gasteiger partial charge in [-0.05, 0) is 30.7 Å². The maximum Gasteiger partial charge on any atom is 0.355 e. The van der Waals surface area contributed by atoms with Crippen molar-refractivity contribution in [3.8, 4) is 5.82 Å². The molecule has 0 fully saturated rings. The van der Waals surface area contributed by atoms with Crippen LogP contribution >= 0.6 is 11.6 Å². The molecule has 0 aliphatic heterocycles. The Hall–Kier alpha value is -1.81. The van der Waals surface area contributed by atoms with E-state index in [-0.39, 0.29) is 0 Å². The monoisotopic (exact) mass is 250 g/mol. The van der Waals surface area contributed by atoms with Crippen molar-refractivity contribution in [2.75, 3.05) is 7.11 Å². The maximum atomic E-state index is 11.6. The highest BCUT2D eigenvalue weighted by molar-refractivity contribution is 6.32. The van der Waals surface area contributed by atoms with Gasteiger partial charge in [-0.3, -0.25) is 4.57 Å². The van der Waals surface area contributed by atoms with Crippen LogP contribution in [-0.2, 0) is 4.74 Å². The topological polar surface area (TPSA) is 44.1 Å². The zero-order valence-corrected chi connectivity index (χ0v) is 10.2. The molecule has 0 N–H and O–H groups in total. The summed E-state index contributed by atoms with van der Waals surface area (Å²) < 4.78 is 6.31. The summed E-state index contributed by atoms with van der Waals surface area (Å²) in [6.07, 6.45) is 3.37. The number of carbonyl (C=O) groups is 1. The van der Waals surface area contributed by atoms with E-state index in [1.165, 1.54) is 7.11 Å². The van der Waals surface area contributed by atoms with E-state index < -0.39 is 5.97 Å². The lowest BCUT2D eigenvalue weighted by Gasteiger charge is -2.09. The highest BCUT2D eigenvalue weighted by atomic mass is 35.5. The summed E-state index contributed by atoms with van der Waals surface area (Å²) >= 11 is 6.17. The summed E-state index contributed by atoms with van der Waals surface area (Å²) in [7, 11) is 1.34. The molecule has 0 radical (unpaired) electrons. The molecule has 17 heavy (non-hydrogen) atoms. The quantitative estimate of drug-likeness (QED) is 0.770. The fourth-order valence-corrected chi connectivity index (χ4v) is 1.73. The normalized spacial score (nSPS) is 10.3. The molecule has 0 saturated carbocycles. The number of aromatic nitrogens is 2. The molecule has 0 bridgehead atoms. The van der Waals surface area contributed by atoms with Crippen molar-refractivity contribution in [1.29, 1.82) is 0 Å². The van der Waals surface area contributed by atoms with Gasteiger partial charge in [-0.1, -0.05) is 11.6 Å². The van der Waals surface area contributed by atoms with E-state index in [0.717, 1.165) is 5.56 Å². The smallest absolute Gasteiger partial charge is 0.355 e. The van der Waals surface area contributed by atoms with E-state index in [1.54, 1.807) is 29.1 Å². The van der Waals surface area contributed by atoms with Crippen LogP contribution in [0.25, 0.3) is 5.82 Å². The first-order valence-electron chi connectivity index (χ1n) is 5.02. The van der Waals surface area contributed by atoms with Crippen molar-refractivity contribution < 1.29 is 9.53 Å². The second-order valence-corrected chi connectivity index (χ2v) is 3.90. The Morgan fingerprint density at radius 3 is 2.94 bits per heavy atom. The molecular weight excluding hydrogens is 240 g/mol. The van der Waals surface area contributed by atoms with Gasteiger partial charge in [0.15, 0.2) is 5.82 Å². The third-order valence-corrected chi connectivity index (χ3v) is 2.90. The lowest BCUT2D eigenvalue weighted by atomic mass is 10.3. The average Bonchev–Trinajstić information content (AvgIpc) is 2.80. The van der Waals surface area contributed by atoms with Gasteiger partial charge in [0.2, 0.25) is 0 Å². The molecule has 5 heteroatoms. The summed E-state index contributed by atoms with van der Waals surface area (Å²) in [5, 5.41) is 0.522. The van der Waals surface area contributed by atoms with Crippen molar-refractivity contribution in [2.24, 2.45) is 0 Å². The number of ether oxygens (including phenoxy) is 1. The van der Waals surface area contributed by atoms with Crippen molar-refractivity contribution in [3.63, 3.8) is 0 Å². The van der Waals surface area contributed by atoms with E-state index in [0.29, 0.717) is 16.5 Å². The third-order valence-electron chi connectivity index (χ3n) is 2.44. The highest BCUT2D eigenvalue weighted by Gasteiger charge is 2.15. The van der Waals surface area contributed by atoms with Gasteiger partial charge in [-0.2, -0.15) is 0 Å². The predicted molar refractivity (Wildman–Crippen MR) is 64.7 cm³/mol. The Labute approximate surface area is 104 Å². The van der Waals surface area contributed by atoms with E-state index >= 15 is 0 Å². The first-order chi connectivity index (χ1) is 8.15. The fourth-order valence-electron chi connectivity index (χ4n) is 1.53. The number of esters is 1. The molecule has 0 aliphatic rings. The Morgan fingerprint density at radius 2 is 2.24 bits per heavy atom. The molecule has 0 spiro atoms. The van der Waals surface area contributed by atoms with Crippen molar-refractivity contribution in [2.45, 2.75) is 6.92 Å². The summed E-state index contributed by atoms with van der Waals surface area (Å²) in [4.78, 5) is 15.7. The molecule has 0 amide bonds. The first kappa shape index (κ1) is 11.7. The van der Waals surface area contributed by atoms with Crippen LogP contribution in [0, 0.1) is 6.92 Å². The third kappa shape index (κ3) is 2.03. The predicted octanol–water partition coefficient (Wildman–Crippen LogP) is 2.62. The Morgan fingerprint density at radius 1 is 1.47 bits per heavy atom. The van der Waals surface area contributed by atoms with Gasteiger partial charge in [0.25, 0.3) is 0 Å². The SMILES string of the molecule is COC(=O)c1cccn1-c1nccc(C)c1Cl. The summed E-state index contributed by atoms with van der Waals surface area (Å²) in [5.41, 5.74) is 1.30. The van der Waals surface area contributed by atoms with Crippen molar-refractivity contribution in [3.05, 3.63) is 46.9 Å². The molecule has 2 heterocycles. The average molecular weight is 251 g/mol. The van der Waals surface area contributed by atoms with Crippen LogP contribution in [0.5, 0.6) is 0 Å². The fraction of sp³-hybridized carbons (Fsp3) is 0.167. The second kappa shape index (κ2) is 4.59. The van der Waals surface area contributed by atoms with Crippen LogP contribution in [0.2, 0.25) is 5.02 Å². The van der Waals surface area contributed by atoms with Gasteiger partial charge >= 0.3 is 5.97 Å². The van der Waals surface area contributed by atoms with Crippen molar-refractivity contribution in [1.82, 2.24) is 9.55 Å². The Bertz CT molecular complexity index is 563. The number of hydrogen-bond acceptors (Lipinski definition) is 3. The zero-order valence-electron chi connectivity index (χ0n) is 9.48. The van der Waals surface area contributed by atoms with Gasteiger partial charge in [-0.15, -0.1) is 0 Å². The first-order valence-corrected chi connectivity index (χ1v) is 5.40. The standard InChI is InChI=1S/C12H11ClN2O2/c1-8-5-6-14-11(10(8)13)15-7-3-4-9(15)12(16)17-2/h3-7H,1-2H3. The van der Waals surface area contributed by atoms with E-state index in [9.17, 15) is 4.79 Å². The summed E-state index contributed by atoms with van der Waals surface area (Å²) in [5.74, 6) is 0.103. The summed E-state index contributed by atoms with van der Waals surface area (Å²) in [6, 6.07) is 5.21. The molecule has 0 aromatic carbocycles. The highest BCUT2D eigenvalue weighted by Crippen LogP contribution is 2.23. The number of halogens is 1. The second-order valence-electron chi connectivity index (χ2n) is 3.52. The lowest BCUT2D eigenvalue weighted by molar-refractivity contribution is 0.0591. The van der Waals surface area contributed by atoms with Gasteiger partial charge in [-0.25, -0.2) is 9.78 Å². The molecule has 2 rings (SSSR count). The number of hydrogen-bond donors (Lipinski definition) is 0. The van der Waals surface area contributed by atoms with Gasteiger partial charge in [0.1, 0.15) is 5.69 Å². The Kier molecular flexibility index (Phi) is 3.15. The van der Waals surface area contributed by atoms with Crippen molar-refractivity contribution >= 4 is 17.6 Å². The molecule has 2 aromatic heterocycles. The minimum Gasteiger partial charge on any atom is -0.464 e. The number of nitrogens with zero attached hydrogens (tertiary/aromatic N) is 2. The van der Waals surface area contributed by atoms with Crippen LogP contribution in [0.1, 0.15) is 16.1 Å². The Balaban J connectivity index is 2.58. The van der Waals surface area contributed by atoms with Crippen LogP contribution in [0.3, 0.4) is 0 Å². The van der Waals surface area contributed by atoms with E-state index in [1.807, 2.05) is 13.0 Å². The minimum absolute atomic E-state index is 0.396. The molecule has 0 atom stereocenters. The van der Waals surface area contributed by atoms with Gasteiger partial charge < -0.3 is 4.74 Å². The molecule has 88 valence electrons. The van der Waals surface area contributed by atoms with Crippen LogP contribution < -0.4 is 0 Å². The molecule has 2 aromatic rings. The number of aryl methyl sites for hydroxylation is 1. The van der Waals surface area contributed by atoms with Gasteiger partial charge in [0, 0.05) is 12.4 Å².